The molecule has 0 aromatic carbocycles. The number of hydrogen-bond acceptors (Lipinski definition) is 2. The van der Waals surface area contributed by atoms with Crippen molar-refractivity contribution in [3.05, 3.63) is 0 Å². The first-order valence-corrected chi connectivity index (χ1v) is 6.92. The van der Waals surface area contributed by atoms with Crippen molar-refractivity contribution in [2.24, 2.45) is 0 Å². The van der Waals surface area contributed by atoms with Crippen molar-refractivity contribution in [2.75, 3.05) is 7.05 Å². The van der Waals surface area contributed by atoms with Crippen molar-refractivity contribution in [2.45, 2.75) is 89.5 Å². The highest BCUT2D eigenvalue weighted by molar-refractivity contribution is 5.09. The Morgan fingerprint density at radius 2 is 1.41 bits per heavy atom. The van der Waals surface area contributed by atoms with Gasteiger partial charge in [0.05, 0.1) is 11.2 Å². The third-order valence-corrected chi connectivity index (χ3v) is 5.00. The number of hydrogen-bond donors (Lipinski definition) is 0. The maximum absolute atomic E-state index is 6.47. The van der Waals surface area contributed by atoms with E-state index in [1.807, 2.05) is 0 Å². The van der Waals surface area contributed by atoms with Gasteiger partial charge in [-0.3, -0.25) is 4.90 Å². The highest BCUT2D eigenvalue weighted by Crippen LogP contribution is 2.52. The molecule has 2 heterocycles. The molecule has 0 aromatic heterocycles. The van der Waals surface area contributed by atoms with Gasteiger partial charge in [0.15, 0.2) is 0 Å². The van der Waals surface area contributed by atoms with Crippen LogP contribution in [0.5, 0.6) is 0 Å². The number of piperidine rings is 1. The lowest BCUT2D eigenvalue weighted by Crippen LogP contribution is -2.64. The summed E-state index contributed by atoms with van der Waals surface area (Å²) >= 11 is 0. The molecule has 2 nitrogen and oxygen atoms in total. The summed E-state index contributed by atoms with van der Waals surface area (Å²) in [7, 11) is 2.26. The Morgan fingerprint density at radius 1 is 0.941 bits per heavy atom. The van der Waals surface area contributed by atoms with Gasteiger partial charge in [-0.25, -0.2) is 0 Å². The summed E-state index contributed by atoms with van der Waals surface area (Å²) in [4.78, 5) is 2.53. The molecular weight excluding hydrogens is 210 g/mol. The number of ether oxygens (including phenoxy) is 1. The molecule has 106 valence electrons. The Hall–Kier alpha value is -0.0800. The smallest absolute Gasteiger partial charge is 0.0725 e. The van der Waals surface area contributed by atoms with E-state index in [9.17, 15) is 0 Å². The van der Waals surface area contributed by atoms with E-state index in [0.29, 0.717) is 0 Å². The highest BCUT2D eigenvalue weighted by atomic mass is 16.5. The molecule has 0 N–H and O–H groups in total. The van der Waals surface area contributed by atoms with Crippen LogP contribution in [0.4, 0.5) is 0 Å². The van der Waals surface area contributed by atoms with Gasteiger partial charge in [0.25, 0.3) is 0 Å². The van der Waals surface area contributed by atoms with Gasteiger partial charge in [0, 0.05) is 20.0 Å². The molecule has 2 saturated heterocycles. The zero-order valence-corrected chi connectivity index (χ0v) is 12.7. The average Bonchev–Trinajstić information content (AvgIpc) is 2.76. The van der Waals surface area contributed by atoms with E-state index in [-0.39, 0.29) is 22.3 Å². The van der Waals surface area contributed by atoms with Gasteiger partial charge < -0.3 is 4.74 Å². The normalized spacial score (nSPS) is 35.5. The maximum Gasteiger partial charge on any atom is 0.0725 e. The monoisotopic (exact) mass is 257 g/mol. The van der Waals surface area contributed by atoms with Crippen LogP contribution in [-0.4, -0.2) is 34.2 Å². The number of rotatable bonds is 0. The zero-order chi connectivity index (χ0) is 19.1. The highest BCUT2D eigenvalue weighted by Gasteiger charge is 2.55. The largest absolute Gasteiger partial charge is 0.369 e. The molecule has 17 heavy (non-hydrogen) atoms. The molecule has 0 unspecified atom stereocenters. The van der Waals surface area contributed by atoms with Crippen LogP contribution in [0.2, 0.25) is 0 Å². The average molecular weight is 257 g/mol. The Labute approximate surface area is 116 Å². The summed E-state index contributed by atoms with van der Waals surface area (Å²) in [5, 5.41) is 0. The first-order chi connectivity index (χ1) is 10.5. The molecule has 2 aliphatic heterocycles. The second kappa shape index (κ2) is 3.48. The van der Waals surface area contributed by atoms with E-state index in [1.165, 1.54) is 12.8 Å². The minimum Gasteiger partial charge on any atom is -0.369 e. The zero-order valence-electron chi connectivity index (χ0n) is 18.7. The third-order valence-electron chi connectivity index (χ3n) is 5.00. The number of likely N-dealkylation sites (tertiary alicyclic amines) is 1. The molecule has 0 bridgehead atoms. The van der Waals surface area contributed by atoms with Gasteiger partial charge in [-0.1, -0.05) is 0 Å². The van der Waals surface area contributed by atoms with E-state index in [1.54, 1.807) is 0 Å². The second-order valence-corrected chi connectivity index (χ2v) is 8.08. The fraction of sp³-hybridized carbons (Fsp3) is 1.00. The molecule has 2 rings (SSSR count). The molecule has 2 fully saturated rings. The first kappa shape index (κ1) is 9.80. The summed E-state index contributed by atoms with van der Waals surface area (Å²) in [6.45, 7) is 13.9. The molecule has 2 aliphatic rings. The van der Waals surface area contributed by atoms with Crippen LogP contribution in [0, 0.1) is 0 Å². The molecule has 0 atom stereocenters. The van der Waals surface area contributed by atoms with Gasteiger partial charge >= 0.3 is 0 Å². The Balaban J connectivity index is 0. The van der Waals surface area contributed by atoms with Crippen molar-refractivity contribution < 1.29 is 13.6 Å². The quantitative estimate of drug-likeness (QED) is 0.640. The van der Waals surface area contributed by atoms with E-state index in [2.05, 4.69) is 53.5 Å². The van der Waals surface area contributed by atoms with Crippen LogP contribution in [-0.2, 0) is 4.74 Å². The van der Waals surface area contributed by atoms with Gasteiger partial charge in [0.1, 0.15) is 0 Å². The first-order valence-electron chi connectivity index (χ1n) is 9.92. The second-order valence-electron chi connectivity index (χ2n) is 8.08. The van der Waals surface area contributed by atoms with Crippen molar-refractivity contribution in [3.63, 3.8) is 0 Å². The Morgan fingerprint density at radius 3 is 1.76 bits per heavy atom. The minimum absolute atomic E-state index is 0.0715. The van der Waals surface area contributed by atoms with Gasteiger partial charge in [-0.15, -0.1) is 0 Å². The predicted octanol–water partition coefficient (Wildman–Crippen LogP) is 4.34. The van der Waals surface area contributed by atoms with Crippen LogP contribution >= 0.6 is 0 Å². The number of nitrogens with zero attached hydrogens (tertiary/aromatic N) is 1. The molecule has 0 radical (unpaired) electrons. The van der Waals surface area contributed by atoms with Crippen LogP contribution in [0.3, 0.4) is 0 Å². The lowest BCUT2D eigenvalue weighted by atomic mass is 9.70. The van der Waals surface area contributed by atoms with E-state index in [4.69, 9.17) is 13.6 Å². The van der Waals surface area contributed by atoms with Gasteiger partial charge in [0.2, 0.25) is 0 Å². The van der Waals surface area contributed by atoms with Crippen molar-refractivity contribution in [1.82, 2.24) is 4.90 Å². The Bertz CT molecular complexity index is 318. The van der Waals surface area contributed by atoms with Crippen LogP contribution < -0.4 is 0 Å². The molecule has 0 amide bonds. The SMILES string of the molecule is CN1C(C)(C)CC2(CCC(C)(C)O2)CC1(C)C.[3H][3H].[3H][3H].[3H][3H]. The molecule has 1 spiro atoms. The van der Waals surface area contributed by atoms with E-state index in [0.717, 1.165) is 12.8 Å². The van der Waals surface area contributed by atoms with Gasteiger partial charge in [-0.05, 0) is 74.3 Å². The summed E-state index contributed by atoms with van der Waals surface area (Å²) in [5.41, 5.74) is 0.634. The third kappa shape index (κ3) is 2.26. The molecule has 2 heteroatoms. The van der Waals surface area contributed by atoms with Crippen molar-refractivity contribution >= 4 is 0 Å². The lowest BCUT2D eigenvalue weighted by molar-refractivity contribution is -0.168. The van der Waals surface area contributed by atoms with Crippen LogP contribution in [0.1, 0.15) is 76.1 Å². The summed E-state index contributed by atoms with van der Waals surface area (Å²) in [6.07, 6.45) is 4.73. The van der Waals surface area contributed by atoms with E-state index < -0.39 is 0 Å². The molecular formula is C15H35NO. The molecule has 0 saturated carbocycles. The summed E-state index contributed by atoms with van der Waals surface area (Å²) in [5.74, 6) is 0. The predicted molar refractivity (Wildman–Crippen MR) is 78.6 cm³/mol. The van der Waals surface area contributed by atoms with Gasteiger partial charge in [-0.2, -0.15) is 0 Å². The topological polar surface area (TPSA) is 12.5 Å². The summed E-state index contributed by atoms with van der Waals surface area (Å²) < 4.78 is 36.5. The van der Waals surface area contributed by atoms with Crippen LogP contribution in [0.25, 0.3) is 0 Å². The Kier molecular flexibility index (Phi) is 2.00. The molecule has 0 aromatic rings. The maximum atomic E-state index is 6.47. The summed E-state index contributed by atoms with van der Waals surface area (Å²) in [6, 6.07) is 0. The molecule has 0 aliphatic carbocycles. The standard InChI is InChI=1S/C15H29NO.3H2/c1-12(2)10-15(9-8-14(5,6)17-15)11-13(3,4)16(12)7;;;/h8-11H2,1-7H3;3*1H/i;3*1+2T. The fourth-order valence-electron chi connectivity index (χ4n) is 4.16. The minimum atomic E-state index is 0.0715. The van der Waals surface area contributed by atoms with Crippen molar-refractivity contribution in [1.29, 1.82) is 0 Å². The van der Waals surface area contributed by atoms with Crippen LogP contribution in [0.15, 0.2) is 0 Å². The lowest BCUT2D eigenvalue weighted by Gasteiger charge is -2.57. The van der Waals surface area contributed by atoms with E-state index >= 15 is 0 Å². The fourth-order valence-corrected chi connectivity index (χ4v) is 4.16. The van der Waals surface area contributed by atoms with Crippen molar-refractivity contribution in [3.8, 4) is 0 Å².